The second-order valence-electron chi connectivity index (χ2n) is 10.5. The Morgan fingerprint density at radius 2 is 1.82 bits per heavy atom. The normalized spacial score (nSPS) is 25.4. The average molecular weight is 477 g/mol. The Balaban J connectivity index is 1.55. The van der Waals surface area contributed by atoms with Gasteiger partial charge in [-0.15, -0.1) is 0 Å². The fourth-order valence-corrected chi connectivity index (χ4v) is 5.72. The van der Waals surface area contributed by atoms with E-state index in [1.54, 1.807) is 6.07 Å². The summed E-state index contributed by atoms with van der Waals surface area (Å²) in [4.78, 5) is 11.9. The lowest BCUT2D eigenvalue weighted by atomic mass is 9.72. The quantitative estimate of drug-likeness (QED) is 0.259. The van der Waals surface area contributed by atoms with Crippen LogP contribution in [-0.2, 0) is 16.0 Å². The zero-order chi connectivity index (χ0) is 24.4. The predicted molar refractivity (Wildman–Crippen MR) is 132 cm³/mol. The van der Waals surface area contributed by atoms with Gasteiger partial charge >= 0.3 is 5.97 Å². The highest BCUT2D eigenvalue weighted by Crippen LogP contribution is 2.41. The van der Waals surface area contributed by atoms with Crippen LogP contribution in [0.3, 0.4) is 0 Å². The van der Waals surface area contributed by atoms with Gasteiger partial charge in [-0.1, -0.05) is 31.7 Å². The van der Waals surface area contributed by atoms with Crippen molar-refractivity contribution in [2.24, 2.45) is 5.92 Å². The van der Waals surface area contributed by atoms with Crippen LogP contribution in [0.2, 0.25) is 0 Å². The van der Waals surface area contributed by atoms with Gasteiger partial charge in [-0.25, -0.2) is 0 Å². The number of aromatic hydroxyl groups is 1. The Kier molecular flexibility index (Phi) is 10.5. The van der Waals surface area contributed by atoms with Gasteiger partial charge in [-0.2, -0.15) is 0 Å². The standard InChI is InChI=1S/C28H44O6/c1-21(30)34-28(17-15-23(26(32)20-28)9-5-3-2-4-8-18-29)16-14-22-12-13-25(31)27(19-22)33-24-10-6-7-11-24/h12-13,19,23-24,26,29,31-32H,2-11,14-18,20H2,1H3. The van der Waals surface area contributed by atoms with E-state index >= 15 is 0 Å². The van der Waals surface area contributed by atoms with Crippen LogP contribution >= 0.6 is 0 Å². The van der Waals surface area contributed by atoms with E-state index in [4.69, 9.17) is 14.6 Å². The van der Waals surface area contributed by atoms with Crippen LogP contribution in [0.15, 0.2) is 18.2 Å². The van der Waals surface area contributed by atoms with Crippen molar-refractivity contribution < 1.29 is 29.6 Å². The predicted octanol–water partition coefficient (Wildman–Crippen LogP) is 5.44. The second kappa shape index (κ2) is 13.3. The molecule has 6 nitrogen and oxygen atoms in total. The average Bonchev–Trinajstić information content (AvgIpc) is 3.31. The fourth-order valence-electron chi connectivity index (χ4n) is 5.72. The number of aryl methyl sites for hydroxylation is 1. The number of esters is 1. The first-order chi connectivity index (χ1) is 16.4. The summed E-state index contributed by atoms with van der Waals surface area (Å²) in [6.45, 7) is 1.71. The van der Waals surface area contributed by atoms with Crippen LogP contribution in [0.5, 0.6) is 11.5 Å². The molecule has 0 saturated heterocycles. The molecule has 2 fully saturated rings. The van der Waals surface area contributed by atoms with E-state index < -0.39 is 11.7 Å². The first-order valence-electron chi connectivity index (χ1n) is 13.4. The maximum absolute atomic E-state index is 11.9. The van der Waals surface area contributed by atoms with Crippen LogP contribution < -0.4 is 4.74 Å². The zero-order valence-corrected chi connectivity index (χ0v) is 20.8. The van der Waals surface area contributed by atoms with Crippen molar-refractivity contribution in [1.29, 1.82) is 0 Å². The lowest BCUT2D eigenvalue weighted by molar-refractivity contribution is -0.168. The van der Waals surface area contributed by atoms with Gasteiger partial charge in [-0.05, 0) is 87.8 Å². The highest BCUT2D eigenvalue weighted by atomic mass is 16.6. The summed E-state index contributed by atoms with van der Waals surface area (Å²) in [6, 6.07) is 5.50. The Labute approximate surface area is 204 Å². The van der Waals surface area contributed by atoms with Crippen molar-refractivity contribution in [1.82, 2.24) is 0 Å². The molecule has 3 rings (SSSR count). The number of carbonyl (C=O) groups excluding carboxylic acids is 1. The summed E-state index contributed by atoms with van der Waals surface area (Å²) in [5.41, 5.74) is 0.393. The largest absolute Gasteiger partial charge is 0.504 e. The number of phenolic OH excluding ortho intramolecular Hbond substituents is 1. The zero-order valence-electron chi connectivity index (χ0n) is 20.8. The molecule has 6 heteroatoms. The SMILES string of the molecule is CC(=O)OC1(CCc2ccc(O)c(OC3CCCC3)c2)CCC(CCCCCCCO)C(O)C1. The molecule has 3 atom stereocenters. The van der Waals surface area contributed by atoms with Gasteiger partial charge in [0.2, 0.25) is 0 Å². The van der Waals surface area contributed by atoms with Gasteiger partial charge in [0.25, 0.3) is 0 Å². The van der Waals surface area contributed by atoms with E-state index in [9.17, 15) is 15.0 Å². The molecule has 0 spiro atoms. The van der Waals surface area contributed by atoms with Crippen molar-refractivity contribution in [2.45, 2.75) is 121 Å². The second-order valence-corrected chi connectivity index (χ2v) is 10.5. The number of ether oxygens (including phenoxy) is 2. The monoisotopic (exact) mass is 476 g/mol. The van der Waals surface area contributed by atoms with Crippen LogP contribution in [0.25, 0.3) is 0 Å². The molecule has 0 amide bonds. The molecule has 3 unspecified atom stereocenters. The van der Waals surface area contributed by atoms with Gasteiger partial charge in [0.15, 0.2) is 11.5 Å². The van der Waals surface area contributed by atoms with Crippen molar-refractivity contribution in [3.63, 3.8) is 0 Å². The third kappa shape index (κ3) is 8.16. The molecule has 2 aliphatic rings. The first-order valence-corrected chi connectivity index (χ1v) is 13.4. The van der Waals surface area contributed by atoms with Gasteiger partial charge in [0, 0.05) is 20.0 Å². The number of carbonyl (C=O) groups is 1. The topological polar surface area (TPSA) is 96.2 Å². The maximum Gasteiger partial charge on any atom is 0.303 e. The Hall–Kier alpha value is -1.79. The van der Waals surface area contributed by atoms with E-state index in [0.29, 0.717) is 25.0 Å². The van der Waals surface area contributed by atoms with Crippen molar-refractivity contribution in [3.05, 3.63) is 23.8 Å². The smallest absolute Gasteiger partial charge is 0.303 e. The van der Waals surface area contributed by atoms with Crippen LogP contribution in [-0.4, -0.2) is 45.7 Å². The number of phenols is 1. The highest BCUT2D eigenvalue weighted by Gasteiger charge is 2.42. The molecule has 3 N–H and O–H groups in total. The molecular weight excluding hydrogens is 432 g/mol. The van der Waals surface area contributed by atoms with Gasteiger partial charge in [0.1, 0.15) is 5.60 Å². The van der Waals surface area contributed by atoms with Gasteiger partial charge in [0.05, 0.1) is 12.2 Å². The summed E-state index contributed by atoms with van der Waals surface area (Å²) < 4.78 is 11.9. The minimum atomic E-state index is -0.646. The summed E-state index contributed by atoms with van der Waals surface area (Å²) >= 11 is 0. The molecule has 2 aliphatic carbocycles. The molecule has 0 bridgehead atoms. The number of rotatable bonds is 13. The Bertz CT molecular complexity index is 759. The Morgan fingerprint density at radius 3 is 2.53 bits per heavy atom. The summed E-state index contributed by atoms with van der Waals surface area (Å²) in [5.74, 6) is 0.651. The molecule has 1 aromatic rings. The third-order valence-corrected chi connectivity index (χ3v) is 7.68. The number of aliphatic hydroxyl groups excluding tert-OH is 2. The number of aliphatic hydroxyl groups is 2. The number of hydrogen-bond donors (Lipinski definition) is 3. The van der Waals surface area contributed by atoms with Gasteiger partial charge in [-0.3, -0.25) is 4.79 Å². The van der Waals surface area contributed by atoms with Crippen LogP contribution in [0, 0.1) is 5.92 Å². The van der Waals surface area contributed by atoms with Crippen molar-refractivity contribution in [2.75, 3.05) is 6.61 Å². The van der Waals surface area contributed by atoms with Crippen molar-refractivity contribution >= 4 is 5.97 Å². The minimum Gasteiger partial charge on any atom is -0.504 e. The minimum absolute atomic E-state index is 0.164. The fraction of sp³-hybridized carbons (Fsp3) is 0.750. The third-order valence-electron chi connectivity index (χ3n) is 7.68. The van der Waals surface area contributed by atoms with Crippen LogP contribution in [0.1, 0.15) is 102 Å². The van der Waals surface area contributed by atoms with Crippen molar-refractivity contribution in [3.8, 4) is 11.5 Å². The van der Waals surface area contributed by atoms with Gasteiger partial charge < -0.3 is 24.8 Å². The lowest BCUT2D eigenvalue weighted by Crippen LogP contribution is -2.45. The van der Waals surface area contributed by atoms with Crippen LogP contribution in [0.4, 0.5) is 0 Å². The number of benzene rings is 1. The molecule has 0 radical (unpaired) electrons. The molecule has 34 heavy (non-hydrogen) atoms. The molecule has 0 aromatic heterocycles. The summed E-state index contributed by atoms with van der Waals surface area (Å²) in [6.07, 6.45) is 13.8. The number of unbranched alkanes of at least 4 members (excludes halogenated alkanes) is 4. The Morgan fingerprint density at radius 1 is 1.09 bits per heavy atom. The van der Waals surface area contributed by atoms with E-state index in [2.05, 4.69) is 0 Å². The number of hydrogen-bond acceptors (Lipinski definition) is 6. The van der Waals surface area contributed by atoms with E-state index in [0.717, 1.165) is 69.8 Å². The summed E-state index contributed by atoms with van der Waals surface area (Å²) in [5, 5.41) is 30.0. The molecular formula is C28H44O6. The summed E-state index contributed by atoms with van der Waals surface area (Å²) in [7, 11) is 0. The van der Waals surface area contributed by atoms with E-state index in [1.807, 2.05) is 12.1 Å². The first kappa shape index (κ1) is 26.8. The maximum atomic E-state index is 11.9. The lowest BCUT2D eigenvalue weighted by Gasteiger charge is -2.42. The molecule has 0 heterocycles. The molecule has 192 valence electrons. The van der Waals surface area contributed by atoms with E-state index in [-0.39, 0.29) is 30.3 Å². The molecule has 2 saturated carbocycles. The van der Waals surface area contributed by atoms with E-state index in [1.165, 1.54) is 19.8 Å². The highest BCUT2D eigenvalue weighted by molar-refractivity contribution is 5.66. The molecule has 1 aromatic carbocycles. The molecule has 0 aliphatic heterocycles.